The molecule has 1 heterocycles. The van der Waals surface area contributed by atoms with Crippen molar-refractivity contribution in [1.82, 2.24) is 4.90 Å². The highest BCUT2D eigenvalue weighted by Gasteiger charge is 2.46. The Morgan fingerprint density at radius 2 is 1.60 bits per heavy atom. The Bertz CT molecular complexity index is 307. The minimum Gasteiger partial charge on any atom is -0.381 e. The van der Waals surface area contributed by atoms with Crippen molar-refractivity contribution in [2.45, 2.75) is 75.9 Å². The van der Waals surface area contributed by atoms with Crippen LogP contribution in [0.3, 0.4) is 0 Å². The Hall–Kier alpha value is -0.120. The van der Waals surface area contributed by atoms with Gasteiger partial charge in [0.25, 0.3) is 0 Å². The number of nitrogens with zero attached hydrogens (tertiary/aromatic N) is 1. The van der Waals surface area contributed by atoms with Crippen LogP contribution in [0, 0.1) is 5.41 Å². The lowest BCUT2D eigenvalue weighted by atomic mass is 9.65. The Morgan fingerprint density at radius 3 is 2.10 bits per heavy atom. The van der Waals surface area contributed by atoms with Crippen LogP contribution in [0.5, 0.6) is 0 Å². The van der Waals surface area contributed by atoms with Gasteiger partial charge < -0.3 is 10.5 Å². The number of methoxy groups -OCH3 is 1. The molecule has 0 aromatic rings. The Kier molecular flexibility index (Phi) is 4.40. The van der Waals surface area contributed by atoms with Gasteiger partial charge in [0.1, 0.15) is 0 Å². The third-order valence-electron chi connectivity index (χ3n) is 6.73. The minimum absolute atomic E-state index is 0.312. The second kappa shape index (κ2) is 5.94. The number of hydrogen-bond donors (Lipinski definition) is 1. The van der Waals surface area contributed by atoms with E-state index in [1.165, 1.54) is 77.3 Å². The zero-order chi connectivity index (χ0) is 14.1. The summed E-state index contributed by atoms with van der Waals surface area (Å²) in [6, 6.07) is 0. The number of hydrogen-bond acceptors (Lipinski definition) is 3. The number of likely N-dealkylation sites (tertiary alicyclic amines) is 1. The van der Waals surface area contributed by atoms with E-state index in [-0.39, 0.29) is 0 Å². The summed E-state index contributed by atoms with van der Waals surface area (Å²) in [4.78, 5) is 2.71. The van der Waals surface area contributed by atoms with Gasteiger partial charge in [-0.05, 0) is 56.8 Å². The molecule has 0 radical (unpaired) electrons. The van der Waals surface area contributed by atoms with Gasteiger partial charge in [0.2, 0.25) is 0 Å². The van der Waals surface area contributed by atoms with Crippen molar-refractivity contribution in [3.8, 4) is 0 Å². The number of ether oxygens (including phenoxy) is 1. The Morgan fingerprint density at radius 1 is 1.00 bits per heavy atom. The molecule has 0 aromatic heterocycles. The van der Waals surface area contributed by atoms with E-state index in [0.29, 0.717) is 17.1 Å². The van der Waals surface area contributed by atoms with Crippen molar-refractivity contribution in [3.63, 3.8) is 0 Å². The van der Waals surface area contributed by atoms with Gasteiger partial charge in [0.05, 0.1) is 6.10 Å². The van der Waals surface area contributed by atoms with E-state index in [1.807, 2.05) is 7.11 Å². The standard InChI is InChI=1S/C17H32N2O/c1-20-15-4-12-19(13-5-15)17(14-18)10-8-16(9-11-17)6-2-3-7-16/h15H,2-14,18H2,1H3. The smallest absolute Gasteiger partial charge is 0.0595 e. The first-order chi connectivity index (χ1) is 9.72. The summed E-state index contributed by atoms with van der Waals surface area (Å²) in [5, 5.41) is 0. The fraction of sp³-hybridized carbons (Fsp3) is 1.00. The van der Waals surface area contributed by atoms with Gasteiger partial charge in [-0.3, -0.25) is 4.90 Å². The molecule has 20 heavy (non-hydrogen) atoms. The van der Waals surface area contributed by atoms with Gasteiger partial charge in [0, 0.05) is 32.3 Å². The minimum atomic E-state index is 0.312. The summed E-state index contributed by atoms with van der Waals surface area (Å²) in [6.07, 6.45) is 14.3. The van der Waals surface area contributed by atoms with Gasteiger partial charge in [-0.2, -0.15) is 0 Å². The molecule has 0 atom stereocenters. The highest BCUT2D eigenvalue weighted by molar-refractivity contribution is 5.02. The average Bonchev–Trinajstić information content (AvgIpc) is 2.97. The molecule has 2 aliphatic carbocycles. The summed E-state index contributed by atoms with van der Waals surface area (Å²) in [7, 11) is 1.85. The summed E-state index contributed by atoms with van der Waals surface area (Å²) < 4.78 is 5.51. The predicted molar refractivity (Wildman–Crippen MR) is 82.8 cm³/mol. The van der Waals surface area contributed by atoms with Crippen LogP contribution < -0.4 is 5.73 Å². The molecule has 0 bridgehead atoms. The molecule has 0 aromatic carbocycles. The van der Waals surface area contributed by atoms with E-state index in [2.05, 4.69) is 4.90 Å². The van der Waals surface area contributed by atoms with E-state index in [9.17, 15) is 0 Å². The molecule has 3 nitrogen and oxygen atoms in total. The summed E-state index contributed by atoms with van der Waals surface area (Å²) in [5.41, 5.74) is 7.27. The molecule has 0 unspecified atom stereocenters. The maximum Gasteiger partial charge on any atom is 0.0595 e. The van der Waals surface area contributed by atoms with Gasteiger partial charge in [0.15, 0.2) is 0 Å². The maximum absolute atomic E-state index is 6.25. The van der Waals surface area contributed by atoms with Crippen LogP contribution in [0.15, 0.2) is 0 Å². The number of rotatable bonds is 3. The molecule has 1 spiro atoms. The maximum atomic E-state index is 6.25. The summed E-state index contributed by atoms with van der Waals surface area (Å²) >= 11 is 0. The predicted octanol–water partition coefficient (Wildman–Crippen LogP) is 2.93. The lowest BCUT2D eigenvalue weighted by Gasteiger charge is -2.52. The molecule has 1 aliphatic heterocycles. The van der Waals surface area contributed by atoms with Crippen LogP contribution in [0.1, 0.15) is 64.2 Å². The topological polar surface area (TPSA) is 38.5 Å². The fourth-order valence-electron chi connectivity index (χ4n) is 5.09. The third kappa shape index (κ3) is 2.65. The Balaban J connectivity index is 1.61. The van der Waals surface area contributed by atoms with E-state index in [0.717, 1.165) is 6.54 Å². The molecule has 1 saturated heterocycles. The molecule has 3 rings (SSSR count). The second-order valence-electron chi connectivity index (χ2n) is 7.56. The van der Waals surface area contributed by atoms with E-state index < -0.39 is 0 Å². The third-order valence-corrected chi connectivity index (χ3v) is 6.73. The van der Waals surface area contributed by atoms with Crippen LogP contribution in [-0.4, -0.2) is 43.3 Å². The molecule has 0 amide bonds. The first-order valence-corrected chi connectivity index (χ1v) is 8.70. The fourth-order valence-corrected chi connectivity index (χ4v) is 5.09. The molecular weight excluding hydrogens is 248 g/mol. The number of nitrogens with two attached hydrogens (primary N) is 1. The van der Waals surface area contributed by atoms with Gasteiger partial charge >= 0.3 is 0 Å². The van der Waals surface area contributed by atoms with Crippen LogP contribution in [0.2, 0.25) is 0 Å². The molecule has 116 valence electrons. The van der Waals surface area contributed by atoms with E-state index >= 15 is 0 Å². The first kappa shape index (κ1) is 14.8. The highest BCUT2D eigenvalue weighted by atomic mass is 16.5. The SMILES string of the molecule is COC1CCN(C2(CN)CCC3(CCCC3)CC2)CC1. The number of piperidine rings is 1. The van der Waals surface area contributed by atoms with Crippen molar-refractivity contribution < 1.29 is 4.74 Å². The summed E-state index contributed by atoms with van der Waals surface area (Å²) in [6.45, 7) is 3.21. The first-order valence-electron chi connectivity index (χ1n) is 8.70. The van der Waals surface area contributed by atoms with Crippen molar-refractivity contribution in [2.24, 2.45) is 11.1 Å². The molecular formula is C17H32N2O. The summed E-state index contributed by atoms with van der Waals surface area (Å²) in [5.74, 6) is 0. The van der Waals surface area contributed by atoms with Crippen molar-refractivity contribution in [3.05, 3.63) is 0 Å². The lowest BCUT2D eigenvalue weighted by Crippen LogP contribution is -2.59. The lowest BCUT2D eigenvalue weighted by molar-refractivity contribution is -0.0332. The highest BCUT2D eigenvalue weighted by Crippen LogP contribution is 2.52. The monoisotopic (exact) mass is 280 g/mol. The molecule has 3 fully saturated rings. The van der Waals surface area contributed by atoms with Crippen molar-refractivity contribution in [1.29, 1.82) is 0 Å². The molecule has 2 N–H and O–H groups in total. The molecule has 3 heteroatoms. The van der Waals surface area contributed by atoms with E-state index in [4.69, 9.17) is 10.5 Å². The quantitative estimate of drug-likeness (QED) is 0.864. The van der Waals surface area contributed by atoms with Crippen LogP contribution in [0.25, 0.3) is 0 Å². The van der Waals surface area contributed by atoms with Gasteiger partial charge in [-0.25, -0.2) is 0 Å². The largest absolute Gasteiger partial charge is 0.381 e. The van der Waals surface area contributed by atoms with Crippen molar-refractivity contribution in [2.75, 3.05) is 26.7 Å². The Labute approximate surface area is 124 Å². The van der Waals surface area contributed by atoms with Crippen LogP contribution in [-0.2, 0) is 4.74 Å². The van der Waals surface area contributed by atoms with Crippen LogP contribution in [0.4, 0.5) is 0 Å². The normalized spacial score (nSPS) is 30.9. The zero-order valence-corrected chi connectivity index (χ0v) is 13.2. The average molecular weight is 280 g/mol. The van der Waals surface area contributed by atoms with Gasteiger partial charge in [-0.1, -0.05) is 12.8 Å². The van der Waals surface area contributed by atoms with Gasteiger partial charge in [-0.15, -0.1) is 0 Å². The van der Waals surface area contributed by atoms with Crippen molar-refractivity contribution >= 4 is 0 Å². The molecule has 2 saturated carbocycles. The van der Waals surface area contributed by atoms with E-state index in [1.54, 1.807) is 0 Å². The molecule has 3 aliphatic rings. The second-order valence-corrected chi connectivity index (χ2v) is 7.56. The zero-order valence-electron chi connectivity index (χ0n) is 13.2. The van der Waals surface area contributed by atoms with Crippen LogP contribution >= 0.6 is 0 Å².